The zero-order chi connectivity index (χ0) is 13.1. The number of nitrogens with one attached hydrogen (secondary N) is 1. The number of carbonyl (C=O) groups excluding carboxylic acids is 2. The lowest BCUT2D eigenvalue weighted by Gasteiger charge is -2.29. The monoisotopic (exact) mass is 246 g/mol. The van der Waals surface area contributed by atoms with Gasteiger partial charge in [0.2, 0.25) is 0 Å². The first-order valence-corrected chi connectivity index (χ1v) is 5.52. The molecule has 1 aromatic carbocycles. The molecule has 18 heavy (non-hydrogen) atoms. The SMILES string of the molecule is COC(=O)C1=CN(C)C(=O)NC1c1ccccc1. The summed E-state index contributed by atoms with van der Waals surface area (Å²) >= 11 is 0. The molecule has 1 heterocycles. The third-order valence-corrected chi connectivity index (χ3v) is 2.79. The fourth-order valence-electron chi connectivity index (χ4n) is 1.84. The lowest BCUT2D eigenvalue weighted by atomic mass is 9.98. The van der Waals surface area contributed by atoms with Crippen LogP contribution in [0.4, 0.5) is 4.79 Å². The second kappa shape index (κ2) is 4.91. The van der Waals surface area contributed by atoms with Gasteiger partial charge >= 0.3 is 12.0 Å². The predicted molar refractivity (Wildman–Crippen MR) is 65.6 cm³/mol. The van der Waals surface area contributed by atoms with Gasteiger partial charge in [-0.3, -0.25) is 0 Å². The summed E-state index contributed by atoms with van der Waals surface area (Å²) < 4.78 is 4.74. The van der Waals surface area contributed by atoms with Crippen molar-refractivity contribution in [2.45, 2.75) is 6.04 Å². The number of rotatable bonds is 2. The van der Waals surface area contributed by atoms with Gasteiger partial charge in [0.25, 0.3) is 0 Å². The van der Waals surface area contributed by atoms with Crippen LogP contribution in [0, 0.1) is 0 Å². The van der Waals surface area contributed by atoms with Crippen LogP contribution in [0.5, 0.6) is 0 Å². The number of nitrogens with zero attached hydrogens (tertiary/aromatic N) is 1. The third kappa shape index (κ3) is 2.20. The average molecular weight is 246 g/mol. The van der Waals surface area contributed by atoms with E-state index in [1.54, 1.807) is 7.05 Å². The number of carbonyl (C=O) groups is 2. The molecule has 1 aromatic rings. The number of benzene rings is 1. The van der Waals surface area contributed by atoms with Gasteiger partial charge < -0.3 is 15.0 Å². The van der Waals surface area contributed by atoms with Crippen LogP contribution in [0.15, 0.2) is 42.1 Å². The summed E-state index contributed by atoms with van der Waals surface area (Å²) in [6.45, 7) is 0. The van der Waals surface area contributed by atoms with Gasteiger partial charge in [0.15, 0.2) is 0 Å². The Morgan fingerprint density at radius 2 is 2.00 bits per heavy atom. The van der Waals surface area contributed by atoms with Crippen LogP contribution in [-0.4, -0.2) is 31.1 Å². The largest absolute Gasteiger partial charge is 0.466 e. The van der Waals surface area contributed by atoms with E-state index in [9.17, 15) is 9.59 Å². The summed E-state index contributed by atoms with van der Waals surface area (Å²) in [6, 6.07) is 8.57. The molecular weight excluding hydrogens is 232 g/mol. The van der Waals surface area contributed by atoms with Gasteiger partial charge in [-0.05, 0) is 5.56 Å². The molecule has 0 aromatic heterocycles. The Labute approximate surface area is 105 Å². The minimum Gasteiger partial charge on any atom is -0.466 e. The van der Waals surface area contributed by atoms with Gasteiger partial charge in [-0.15, -0.1) is 0 Å². The number of esters is 1. The van der Waals surface area contributed by atoms with Crippen LogP contribution >= 0.6 is 0 Å². The fourth-order valence-corrected chi connectivity index (χ4v) is 1.84. The number of hydrogen-bond donors (Lipinski definition) is 1. The van der Waals surface area contributed by atoms with Gasteiger partial charge in [-0.2, -0.15) is 0 Å². The maximum absolute atomic E-state index is 11.7. The van der Waals surface area contributed by atoms with E-state index in [1.165, 1.54) is 18.2 Å². The molecule has 2 rings (SSSR count). The highest BCUT2D eigenvalue weighted by Gasteiger charge is 2.30. The van der Waals surface area contributed by atoms with Crippen molar-refractivity contribution in [3.8, 4) is 0 Å². The molecule has 0 bridgehead atoms. The van der Waals surface area contributed by atoms with Gasteiger partial charge in [0.05, 0.1) is 18.7 Å². The highest BCUT2D eigenvalue weighted by molar-refractivity contribution is 5.93. The van der Waals surface area contributed by atoms with Gasteiger partial charge in [-0.25, -0.2) is 9.59 Å². The maximum atomic E-state index is 11.7. The van der Waals surface area contributed by atoms with Crippen molar-refractivity contribution in [2.24, 2.45) is 0 Å². The lowest BCUT2D eigenvalue weighted by molar-refractivity contribution is -0.136. The normalized spacial score (nSPS) is 19.0. The van der Waals surface area contributed by atoms with E-state index in [4.69, 9.17) is 4.74 Å². The molecule has 1 atom stereocenters. The second-order valence-electron chi connectivity index (χ2n) is 3.98. The Bertz CT molecular complexity index is 496. The summed E-state index contributed by atoms with van der Waals surface area (Å²) in [5.74, 6) is -0.448. The Balaban J connectivity index is 2.41. The zero-order valence-corrected chi connectivity index (χ0v) is 10.2. The minimum atomic E-state index is -0.470. The van der Waals surface area contributed by atoms with E-state index in [-0.39, 0.29) is 6.03 Å². The van der Waals surface area contributed by atoms with Crippen molar-refractivity contribution in [1.82, 2.24) is 10.2 Å². The Morgan fingerprint density at radius 3 is 2.61 bits per heavy atom. The van der Waals surface area contributed by atoms with Gasteiger partial charge in [-0.1, -0.05) is 30.3 Å². The van der Waals surface area contributed by atoms with E-state index < -0.39 is 12.0 Å². The van der Waals surface area contributed by atoms with Crippen molar-refractivity contribution in [3.05, 3.63) is 47.7 Å². The van der Waals surface area contributed by atoms with Crippen LogP contribution in [0.25, 0.3) is 0 Å². The van der Waals surface area contributed by atoms with Crippen molar-refractivity contribution in [1.29, 1.82) is 0 Å². The molecule has 0 saturated heterocycles. The average Bonchev–Trinajstić information content (AvgIpc) is 2.41. The second-order valence-corrected chi connectivity index (χ2v) is 3.98. The van der Waals surface area contributed by atoms with Crippen LogP contribution in [0.3, 0.4) is 0 Å². The fraction of sp³-hybridized carbons (Fsp3) is 0.231. The molecule has 94 valence electrons. The maximum Gasteiger partial charge on any atom is 0.337 e. The van der Waals surface area contributed by atoms with E-state index >= 15 is 0 Å². The number of methoxy groups -OCH3 is 1. The summed E-state index contributed by atoms with van der Waals surface area (Å²) in [7, 11) is 2.90. The highest BCUT2D eigenvalue weighted by Crippen LogP contribution is 2.26. The number of amides is 2. The summed E-state index contributed by atoms with van der Waals surface area (Å²) in [5, 5.41) is 2.77. The molecule has 0 aliphatic carbocycles. The van der Waals surface area contributed by atoms with E-state index in [0.717, 1.165) is 5.56 Å². The summed E-state index contributed by atoms with van der Waals surface area (Å²) in [6.07, 6.45) is 1.50. The summed E-state index contributed by atoms with van der Waals surface area (Å²) in [5.41, 5.74) is 1.25. The molecule has 1 unspecified atom stereocenters. The number of urea groups is 1. The molecule has 1 aliphatic rings. The Morgan fingerprint density at radius 1 is 1.33 bits per heavy atom. The topological polar surface area (TPSA) is 58.6 Å². The molecule has 0 fully saturated rings. The van der Waals surface area contributed by atoms with Crippen molar-refractivity contribution in [3.63, 3.8) is 0 Å². The molecule has 0 saturated carbocycles. The highest BCUT2D eigenvalue weighted by atomic mass is 16.5. The Kier molecular flexibility index (Phi) is 3.32. The minimum absolute atomic E-state index is 0.253. The quantitative estimate of drug-likeness (QED) is 0.803. The number of hydrogen-bond acceptors (Lipinski definition) is 3. The molecule has 5 nitrogen and oxygen atoms in total. The van der Waals surface area contributed by atoms with Crippen LogP contribution < -0.4 is 5.32 Å². The molecule has 1 N–H and O–H groups in total. The van der Waals surface area contributed by atoms with E-state index in [1.807, 2.05) is 30.3 Å². The first kappa shape index (κ1) is 12.2. The van der Waals surface area contributed by atoms with Crippen LogP contribution in [-0.2, 0) is 9.53 Å². The molecule has 0 radical (unpaired) electrons. The molecule has 0 spiro atoms. The van der Waals surface area contributed by atoms with Crippen LogP contribution in [0.2, 0.25) is 0 Å². The first-order valence-electron chi connectivity index (χ1n) is 5.52. The van der Waals surface area contributed by atoms with Crippen molar-refractivity contribution >= 4 is 12.0 Å². The third-order valence-electron chi connectivity index (χ3n) is 2.79. The molecular formula is C13H14N2O3. The summed E-state index contributed by atoms with van der Waals surface area (Å²) in [4.78, 5) is 24.7. The molecule has 5 heteroatoms. The van der Waals surface area contributed by atoms with Gasteiger partial charge in [0, 0.05) is 13.2 Å². The zero-order valence-electron chi connectivity index (χ0n) is 10.2. The van der Waals surface area contributed by atoms with Gasteiger partial charge in [0.1, 0.15) is 0 Å². The molecule has 1 aliphatic heterocycles. The molecule has 2 amide bonds. The Hall–Kier alpha value is -2.30. The lowest BCUT2D eigenvalue weighted by Crippen LogP contribution is -2.43. The predicted octanol–water partition coefficient (Wildman–Crippen LogP) is 1.44. The van der Waals surface area contributed by atoms with Crippen LogP contribution in [0.1, 0.15) is 11.6 Å². The van der Waals surface area contributed by atoms with Crippen molar-refractivity contribution in [2.75, 3.05) is 14.2 Å². The van der Waals surface area contributed by atoms with Crippen molar-refractivity contribution < 1.29 is 14.3 Å². The smallest absolute Gasteiger partial charge is 0.337 e. The standard InChI is InChI=1S/C13H14N2O3/c1-15-8-10(12(16)18-2)11(14-13(15)17)9-6-4-3-5-7-9/h3-8,11H,1-2H3,(H,14,17). The van der Waals surface area contributed by atoms with E-state index in [2.05, 4.69) is 5.32 Å². The number of ether oxygens (including phenoxy) is 1. The van der Waals surface area contributed by atoms with E-state index in [0.29, 0.717) is 5.57 Å². The first-order chi connectivity index (χ1) is 8.63.